The maximum Gasteiger partial charge on any atom is 0.148 e. The zero-order chi connectivity index (χ0) is 17.5. The van der Waals surface area contributed by atoms with E-state index in [1.807, 2.05) is 19.2 Å². The summed E-state index contributed by atoms with van der Waals surface area (Å²) < 4.78 is 7.77. The first kappa shape index (κ1) is 18.4. The average Bonchev–Trinajstić information content (AvgIpc) is 3.32. The van der Waals surface area contributed by atoms with Crippen molar-refractivity contribution in [1.82, 2.24) is 10.3 Å². The van der Waals surface area contributed by atoms with Crippen molar-refractivity contribution in [3.8, 4) is 10.6 Å². The van der Waals surface area contributed by atoms with Gasteiger partial charge in [0.2, 0.25) is 0 Å². The van der Waals surface area contributed by atoms with Gasteiger partial charge in [0, 0.05) is 11.1 Å². The fraction of sp³-hybridized carbons (Fsp3) is 0.235. The Labute approximate surface area is 159 Å². The topological polar surface area (TPSA) is 55.4 Å². The maximum atomic E-state index is 4.81. The third kappa shape index (κ3) is 5.04. The number of thiophene rings is 1. The van der Waals surface area contributed by atoms with E-state index in [1.54, 1.807) is 22.7 Å². The minimum atomic E-state index is 0.198. The van der Waals surface area contributed by atoms with Crippen LogP contribution < -0.4 is 10.0 Å². The van der Waals surface area contributed by atoms with Crippen LogP contribution in [0.1, 0.15) is 16.6 Å². The van der Waals surface area contributed by atoms with E-state index in [9.17, 15) is 0 Å². The molecule has 0 aliphatic rings. The number of aromatic nitrogens is 1. The predicted octanol–water partition coefficient (Wildman–Crippen LogP) is 4.93. The molecule has 1 unspecified atom stereocenters. The minimum absolute atomic E-state index is 0.198. The Hall–Kier alpha value is -1.42. The van der Waals surface area contributed by atoms with Crippen molar-refractivity contribution < 1.29 is 9.22 Å². The summed E-state index contributed by atoms with van der Waals surface area (Å²) >= 11 is 4.46. The SMILES string of the molecule is CNC(Cc1ccc(NSOOC)cc1)c1nc(-c2cccs2)cs1. The molecule has 2 aromatic heterocycles. The van der Waals surface area contributed by atoms with E-state index in [0.29, 0.717) is 0 Å². The second-order valence-electron chi connectivity index (χ2n) is 5.21. The number of rotatable bonds is 9. The molecule has 25 heavy (non-hydrogen) atoms. The number of likely N-dealkylation sites (N-methyl/N-ethyl adjacent to an activating group) is 1. The molecule has 1 atom stereocenters. The van der Waals surface area contributed by atoms with Crippen molar-refractivity contribution in [3.63, 3.8) is 0 Å². The van der Waals surface area contributed by atoms with Crippen LogP contribution in [0, 0.1) is 0 Å². The first-order valence-electron chi connectivity index (χ1n) is 7.68. The molecular weight excluding hydrogens is 374 g/mol. The number of hydrogen-bond donors (Lipinski definition) is 2. The average molecular weight is 394 g/mol. The highest BCUT2D eigenvalue weighted by molar-refractivity contribution is 7.95. The van der Waals surface area contributed by atoms with Crippen LogP contribution in [0.5, 0.6) is 0 Å². The van der Waals surface area contributed by atoms with Gasteiger partial charge >= 0.3 is 0 Å². The highest BCUT2D eigenvalue weighted by Crippen LogP contribution is 2.30. The Morgan fingerprint density at radius 3 is 2.72 bits per heavy atom. The molecule has 0 fully saturated rings. The summed E-state index contributed by atoms with van der Waals surface area (Å²) in [5, 5.41) is 8.69. The Morgan fingerprint density at radius 2 is 2.04 bits per heavy atom. The summed E-state index contributed by atoms with van der Waals surface area (Å²) in [6, 6.07) is 12.6. The first-order valence-corrected chi connectivity index (χ1v) is 10.2. The number of nitrogens with zero attached hydrogens (tertiary/aromatic N) is 1. The van der Waals surface area contributed by atoms with Gasteiger partial charge in [0.15, 0.2) is 0 Å². The lowest BCUT2D eigenvalue weighted by atomic mass is 10.1. The van der Waals surface area contributed by atoms with Crippen molar-refractivity contribution in [3.05, 3.63) is 57.7 Å². The number of hydrogen-bond acceptors (Lipinski definition) is 8. The molecule has 0 bridgehead atoms. The summed E-state index contributed by atoms with van der Waals surface area (Å²) in [5.74, 6) is 0. The molecule has 0 saturated heterocycles. The molecule has 1 aromatic carbocycles. The van der Waals surface area contributed by atoms with E-state index in [4.69, 9.17) is 9.32 Å². The molecular formula is C17H19N3O2S3. The van der Waals surface area contributed by atoms with Crippen molar-refractivity contribution in [2.24, 2.45) is 0 Å². The highest BCUT2D eigenvalue weighted by Gasteiger charge is 2.15. The van der Waals surface area contributed by atoms with Crippen molar-refractivity contribution in [2.45, 2.75) is 12.5 Å². The molecule has 2 N–H and O–H groups in total. The van der Waals surface area contributed by atoms with Crippen LogP contribution in [-0.4, -0.2) is 19.1 Å². The minimum Gasteiger partial charge on any atom is -0.311 e. The van der Waals surface area contributed by atoms with Gasteiger partial charge in [0.25, 0.3) is 0 Å². The van der Waals surface area contributed by atoms with Crippen LogP contribution in [0.25, 0.3) is 10.6 Å². The standard InChI is InChI=1S/C17H19N3O2S3/c1-18-14(17-19-15(11-24-17)16-4-3-9-23-16)10-12-5-7-13(8-6-12)20-25-22-21-2/h3-9,11,14,18,20H,10H2,1-2H3. The molecule has 132 valence electrons. The van der Waals surface area contributed by atoms with Gasteiger partial charge in [0.05, 0.1) is 23.7 Å². The fourth-order valence-corrected chi connectivity index (χ4v) is 4.37. The van der Waals surface area contributed by atoms with E-state index in [-0.39, 0.29) is 6.04 Å². The number of anilines is 1. The zero-order valence-corrected chi connectivity index (χ0v) is 16.3. The number of benzene rings is 1. The number of nitrogens with one attached hydrogen (secondary N) is 2. The van der Waals surface area contributed by atoms with Crippen molar-refractivity contribution in [1.29, 1.82) is 0 Å². The molecule has 0 spiro atoms. The van der Waals surface area contributed by atoms with Gasteiger partial charge < -0.3 is 10.0 Å². The smallest absolute Gasteiger partial charge is 0.148 e. The second kappa shape index (κ2) is 9.33. The molecule has 8 heteroatoms. The highest BCUT2D eigenvalue weighted by atomic mass is 32.2. The Balaban J connectivity index is 1.64. The lowest BCUT2D eigenvalue weighted by Gasteiger charge is -2.14. The molecule has 0 saturated carbocycles. The van der Waals surface area contributed by atoms with Crippen LogP contribution >= 0.6 is 34.9 Å². The summed E-state index contributed by atoms with van der Waals surface area (Å²) in [6.45, 7) is 0. The lowest BCUT2D eigenvalue weighted by Crippen LogP contribution is -2.18. The second-order valence-corrected chi connectivity index (χ2v) is 7.55. The molecule has 0 radical (unpaired) electrons. The van der Waals surface area contributed by atoms with Gasteiger partial charge in [0.1, 0.15) is 17.2 Å². The van der Waals surface area contributed by atoms with E-state index in [1.165, 1.54) is 17.6 Å². The molecule has 0 amide bonds. The number of thiazole rings is 1. The third-order valence-corrected chi connectivity index (χ3v) is 5.97. The summed E-state index contributed by atoms with van der Waals surface area (Å²) in [7, 11) is 3.45. The van der Waals surface area contributed by atoms with Gasteiger partial charge in [-0.05, 0) is 42.6 Å². The Kier molecular flexibility index (Phi) is 6.85. The molecule has 0 aliphatic carbocycles. The van der Waals surface area contributed by atoms with E-state index >= 15 is 0 Å². The molecule has 3 rings (SSSR count). The van der Waals surface area contributed by atoms with Gasteiger partial charge in [-0.1, -0.05) is 18.2 Å². The molecule has 3 aromatic rings. The first-order chi connectivity index (χ1) is 12.3. The van der Waals surface area contributed by atoms with Gasteiger partial charge in [-0.25, -0.2) is 9.87 Å². The van der Waals surface area contributed by atoms with Crippen molar-refractivity contribution in [2.75, 3.05) is 18.9 Å². The Bertz CT molecular complexity index is 760. The van der Waals surface area contributed by atoms with Gasteiger partial charge in [-0.2, -0.15) is 0 Å². The monoisotopic (exact) mass is 393 g/mol. The van der Waals surface area contributed by atoms with Crippen molar-refractivity contribution >= 4 is 40.6 Å². The van der Waals surface area contributed by atoms with E-state index in [2.05, 4.69) is 50.0 Å². The largest absolute Gasteiger partial charge is 0.311 e. The molecule has 5 nitrogen and oxygen atoms in total. The zero-order valence-electron chi connectivity index (χ0n) is 13.9. The van der Waals surface area contributed by atoms with E-state index in [0.717, 1.165) is 35.0 Å². The molecule has 2 heterocycles. The van der Waals surface area contributed by atoms with E-state index < -0.39 is 0 Å². The Morgan fingerprint density at radius 1 is 1.20 bits per heavy atom. The summed E-state index contributed by atoms with van der Waals surface area (Å²) in [4.78, 5) is 10.5. The lowest BCUT2D eigenvalue weighted by molar-refractivity contribution is -0.159. The third-order valence-electron chi connectivity index (χ3n) is 3.60. The fourth-order valence-electron chi connectivity index (χ4n) is 2.34. The van der Waals surface area contributed by atoms with Crippen LogP contribution in [0.2, 0.25) is 0 Å². The summed E-state index contributed by atoms with van der Waals surface area (Å²) in [5.41, 5.74) is 3.27. The van der Waals surface area contributed by atoms with Gasteiger partial charge in [-0.3, -0.25) is 0 Å². The summed E-state index contributed by atoms with van der Waals surface area (Å²) in [6.07, 6.45) is 0.885. The quantitative estimate of drug-likeness (QED) is 0.177. The van der Waals surface area contributed by atoms with Gasteiger partial charge in [-0.15, -0.1) is 27.0 Å². The van der Waals surface area contributed by atoms with Crippen LogP contribution in [0.4, 0.5) is 5.69 Å². The van der Waals surface area contributed by atoms with Crippen LogP contribution in [0.3, 0.4) is 0 Å². The molecule has 0 aliphatic heterocycles. The van der Waals surface area contributed by atoms with Crippen LogP contribution in [0.15, 0.2) is 47.2 Å². The predicted molar refractivity (Wildman–Crippen MR) is 107 cm³/mol. The normalized spacial score (nSPS) is 12.2. The van der Waals surface area contributed by atoms with Crippen LogP contribution in [-0.2, 0) is 15.6 Å². The maximum absolute atomic E-state index is 4.81.